The Labute approximate surface area is 363 Å². The monoisotopic (exact) mass is 853 g/mol. The van der Waals surface area contributed by atoms with Crippen molar-refractivity contribution in [3.05, 3.63) is 118 Å². The number of carbonyl (C=O) groups excluding carboxylic acids is 1. The standard InChI is InChI=1S/C48H59N3O9S/c1-7-28-57-48-43(50(5)44(54)25-16-32-14-17-34(18-15-32)51(55)56)31-41(49-60-47(2,3)4)39-29-33(12-8-10-26-52)38(13-9-11-27-53)45(46(39)48)40-30-36(21-24-42(40)59-48)58-35-19-22-37(61-6)23-20-35/h7,14-25,29-30,33,38,43,45-46,52-53H,1,8-13,26-28,31H2,2-6H3. The van der Waals surface area contributed by atoms with Crippen molar-refractivity contribution in [2.24, 2.45) is 22.9 Å². The molecule has 2 N–H and O–H groups in total. The normalized spacial score (nSPS) is 23.7. The Morgan fingerprint density at radius 3 is 2.36 bits per heavy atom. The highest BCUT2D eigenvalue weighted by Gasteiger charge is 2.65. The molecule has 6 atom stereocenters. The molecule has 326 valence electrons. The zero-order chi connectivity index (χ0) is 43.7. The lowest BCUT2D eigenvalue weighted by molar-refractivity contribution is -0.384. The van der Waals surface area contributed by atoms with Crippen molar-refractivity contribution >= 4 is 35.1 Å². The zero-order valence-corrected chi connectivity index (χ0v) is 36.6. The molecule has 6 unspecified atom stereocenters. The molecule has 0 spiro atoms. The number of non-ortho nitro benzene ring substituents is 1. The molecule has 0 bridgehead atoms. The number of nitro groups is 1. The molecule has 1 amide bonds. The molecule has 61 heavy (non-hydrogen) atoms. The van der Waals surface area contributed by atoms with Gasteiger partial charge in [-0.2, -0.15) is 0 Å². The average molecular weight is 854 g/mol. The molecule has 1 aliphatic heterocycles. The number of likely N-dealkylation sites (N-methyl/N-ethyl adjacent to an activating group) is 1. The number of aliphatic hydroxyl groups is 2. The van der Waals surface area contributed by atoms with E-state index in [4.69, 9.17) is 24.2 Å². The number of thioether (sulfide) groups is 1. The van der Waals surface area contributed by atoms with Gasteiger partial charge in [-0.1, -0.05) is 30.1 Å². The van der Waals surface area contributed by atoms with Crippen molar-refractivity contribution in [1.29, 1.82) is 0 Å². The summed E-state index contributed by atoms with van der Waals surface area (Å²) < 4.78 is 20.7. The van der Waals surface area contributed by atoms with Crippen molar-refractivity contribution in [2.45, 2.75) is 94.0 Å². The molecule has 1 heterocycles. The van der Waals surface area contributed by atoms with E-state index in [1.54, 1.807) is 48.0 Å². The van der Waals surface area contributed by atoms with Gasteiger partial charge in [-0.25, -0.2) is 0 Å². The van der Waals surface area contributed by atoms with Crippen LogP contribution in [0.15, 0.2) is 107 Å². The van der Waals surface area contributed by atoms with Crippen LogP contribution in [0.4, 0.5) is 5.69 Å². The summed E-state index contributed by atoms with van der Waals surface area (Å²) in [5, 5.41) is 35.9. The Kier molecular flexibility index (Phi) is 15.2. The number of hydrogen-bond donors (Lipinski definition) is 2. The largest absolute Gasteiger partial charge is 0.459 e. The van der Waals surface area contributed by atoms with E-state index in [-0.39, 0.29) is 55.6 Å². The molecule has 1 fully saturated rings. The molecule has 12 nitrogen and oxygen atoms in total. The number of carbonyl (C=O) groups is 1. The number of amides is 1. The first-order chi connectivity index (χ1) is 29.3. The average Bonchev–Trinajstić information content (AvgIpc) is 3.25. The third-order valence-electron chi connectivity index (χ3n) is 11.7. The highest BCUT2D eigenvalue weighted by molar-refractivity contribution is 7.98. The van der Waals surface area contributed by atoms with Gasteiger partial charge in [0, 0.05) is 61.3 Å². The summed E-state index contributed by atoms with van der Waals surface area (Å²) in [4.78, 5) is 34.1. The predicted molar refractivity (Wildman–Crippen MR) is 239 cm³/mol. The molecular formula is C48H59N3O9S. The fraction of sp³-hybridized carbons (Fsp3) is 0.458. The molecule has 1 saturated carbocycles. The van der Waals surface area contributed by atoms with E-state index in [9.17, 15) is 25.1 Å². The third kappa shape index (κ3) is 10.6. The Morgan fingerprint density at radius 1 is 1.03 bits per heavy atom. The van der Waals surface area contributed by atoms with Gasteiger partial charge in [0.1, 0.15) is 28.9 Å². The van der Waals surface area contributed by atoms with Crippen molar-refractivity contribution < 1.29 is 39.0 Å². The number of aliphatic hydroxyl groups excluding tert-OH is 2. The third-order valence-corrected chi connectivity index (χ3v) is 12.5. The molecule has 0 saturated heterocycles. The number of nitro benzene ring substituents is 1. The van der Waals surface area contributed by atoms with E-state index in [1.165, 1.54) is 18.2 Å². The van der Waals surface area contributed by atoms with Gasteiger partial charge in [-0.15, -0.1) is 18.3 Å². The maximum atomic E-state index is 14.3. The van der Waals surface area contributed by atoms with E-state index >= 15 is 0 Å². The molecule has 3 aromatic carbocycles. The maximum absolute atomic E-state index is 14.3. The molecule has 2 aliphatic carbocycles. The number of fused-ring (bicyclic) bond motifs is 2. The molecule has 0 radical (unpaired) electrons. The molecular weight excluding hydrogens is 795 g/mol. The topological polar surface area (TPSA) is 153 Å². The van der Waals surface area contributed by atoms with Crippen LogP contribution >= 0.6 is 11.8 Å². The Bertz CT molecular complexity index is 2100. The Balaban J connectivity index is 1.53. The summed E-state index contributed by atoms with van der Waals surface area (Å²) in [7, 11) is 1.73. The molecule has 0 aromatic heterocycles. The second-order valence-electron chi connectivity index (χ2n) is 16.9. The minimum atomic E-state index is -1.41. The number of oxime groups is 1. The fourth-order valence-electron chi connectivity index (χ4n) is 8.91. The van der Waals surface area contributed by atoms with Crippen LogP contribution in [0.5, 0.6) is 17.2 Å². The minimum absolute atomic E-state index is 0.0391. The van der Waals surface area contributed by atoms with Crippen LogP contribution in [0.1, 0.15) is 82.8 Å². The van der Waals surface area contributed by atoms with E-state index < -0.39 is 28.3 Å². The van der Waals surface area contributed by atoms with E-state index in [0.717, 1.165) is 41.7 Å². The van der Waals surface area contributed by atoms with Gasteiger partial charge in [0.2, 0.25) is 11.7 Å². The highest BCUT2D eigenvalue weighted by atomic mass is 32.2. The number of hydrogen-bond acceptors (Lipinski definition) is 11. The number of ether oxygens (including phenoxy) is 3. The van der Waals surface area contributed by atoms with E-state index in [2.05, 4.69) is 18.7 Å². The van der Waals surface area contributed by atoms with Gasteiger partial charge in [0.05, 0.1) is 23.2 Å². The van der Waals surface area contributed by atoms with Crippen LogP contribution in [0, 0.1) is 27.9 Å². The number of nitrogens with zero attached hydrogens (tertiary/aromatic N) is 3. The summed E-state index contributed by atoms with van der Waals surface area (Å²) in [6.45, 7) is 10.1. The fourth-order valence-corrected chi connectivity index (χ4v) is 9.32. The first-order valence-corrected chi connectivity index (χ1v) is 22.3. The van der Waals surface area contributed by atoms with Crippen LogP contribution in [0.25, 0.3) is 6.08 Å². The van der Waals surface area contributed by atoms with Crippen molar-refractivity contribution in [2.75, 3.05) is 33.1 Å². The smallest absolute Gasteiger partial charge is 0.269 e. The predicted octanol–water partition coefficient (Wildman–Crippen LogP) is 9.71. The summed E-state index contributed by atoms with van der Waals surface area (Å²) in [6, 6.07) is 19.2. The lowest BCUT2D eigenvalue weighted by Gasteiger charge is -2.59. The quantitative estimate of drug-likeness (QED) is 0.0298. The van der Waals surface area contributed by atoms with E-state index in [0.29, 0.717) is 41.4 Å². The van der Waals surface area contributed by atoms with Gasteiger partial charge in [0.25, 0.3) is 5.69 Å². The molecule has 6 rings (SSSR count). The zero-order valence-electron chi connectivity index (χ0n) is 35.8. The Morgan fingerprint density at radius 2 is 1.72 bits per heavy atom. The summed E-state index contributed by atoms with van der Waals surface area (Å²) >= 11 is 1.66. The second-order valence-corrected chi connectivity index (χ2v) is 17.8. The van der Waals surface area contributed by atoms with Crippen molar-refractivity contribution in [3.63, 3.8) is 0 Å². The number of rotatable bonds is 19. The van der Waals surface area contributed by atoms with Crippen LogP contribution < -0.4 is 9.47 Å². The summed E-state index contributed by atoms with van der Waals surface area (Å²) in [5.74, 6) is -0.312. The number of benzene rings is 3. The minimum Gasteiger partial charge on any atom is -0.459 e. The summed E-state index contributed by atoms with van der Waals surface area (Å²) in [5.41, 5.74) is 2.57. The lowest BCUT2D eigenvalue weighted by atomic mass is 9.55. The summed E-state index contributed by atoms with van der Waals surface area (Å²) in [6.07, 6.45) is 13.9. The highest BCUT2D eigenvalue weighted by Crippen LogP contribution is 2.62. The van der Waals surface area contributed by atoms with Crippen LogP contribution in [-0.4, -0.2) is 82.2 Å². The van der Waals surface area contributed by atoms with Crippen molar-refractivity contribution in [1.82, 2.24) is 4.90 Å². The molecule has 13 heteroatoms. The first-order valence-electron chi connectivity index (χ1n) is 21.1. The molecule has 3 aromatic rings. The lowest BCUT2D eigenvalue weighted by Crippen LogP contribution is -2.69. The van der Waals surface area contributed by atoms with E-state index in [1.807, 2.05) is 63.4 Å². The van der Waals surface area contributed by atoms with Gasteiger partial charge >= 0.3 is 0 Å². The second kappa shape index (κ2) is 20.3. The van der Waals surface area contributed by atoms with Crippen LogP contribution in [0.2, 0.25) is 0 Å². The maximum Gasteiger partial charge on any atom is 0.269 e. The van der Waals surface area contributed by atoms with Gasteiger partial charge in [-0.3, -0.25) is 14.9 Å². The van der Waals surface area contributed by atoms with Crippen LogP contribution in [0.3, 0.4) is 0 Å². The number of unbranched alkanes of at least 4 members (excludes halogenated alkanes) is 2. The SMILES string of the molecule is C=CCOC12Oc3ccc(Oc4ccc(SC)cc4)cc3C3C(CCCCO)C(CCCCO)C=C(C(=NOC(C)(C)C)CC1N(C)C(=O)C=Cc1ccc([N+](=O)[O-])cc1)C32. The molecule has 3 aliphatic rings. The first kappa shape index (κ1) is 45.6. The number of allylic oxidation sites excluding steroid dienone is 1. The van der Waals surface area contributed by atoms with Crippen LogP contribution in [-0.2, 0) is 14.4 Å². The van der Waals surface area contributed by atoms with Crippen molar-refractivity contribution in [3.8, 4) is 17.2 Å². The van der Waals surface area contributed by atoms with Gasteiger partial charge in [-0.05, 0) is 136 Å². The Hall–Kier alpha value is -4.95. The van der Waals surface area contributed by atoms with Gasteiger partial charge in [0.15, 0.2) is 0 Å². The van der Waals surface area contributed by atoms with Gasteiger partial charge < -0.3 is 34.2 Å².